The molecule has 2 rings (SSSR count). The van der Waals surface area contributed by atoms with Gasteiger partial charge in [-0.1, -0.05) is 6.07 Å². The van der Waals surface area contributed by atoms with Gasteiger partial charge in [-0.25, -0.2) is 4.39 Å². The molecule has 0 aliphatic heterocycles. The average Bonchev–Trinajstić information content (AvgIpc) is 2.46. The molecule has 106 valence electrons. The van der Waals surface area contributed by atoms with Gasteiger partial charge in [0.25, 0.3) is 0 Å². The van der Waals surface area contributed by atoms with Crippen LogP contribution in [0.5, 0.6) is 0 Å². The second kappa shape index (κ2) is 6.49. The Morgan fingerprint density at radius 3 is 2.70 bits per heavy atom. The lowest BCUT2D eigenvalue weighted by atomic mass is 9.86. The van der Waals surface area contributed by atoms with Gasteiger partial charge < -0.3 is 10.4 Å². The zero-order valence-corrected chi connectivity index (χ0v) is 11.1. The Kier molecular flexibility index (Phi) is 4.70. The highest BCUT2D eigenvalue weighted by Gasteiger charge is 2.25. The van der Waals surface area contributed by atoms with E-state index in [1.165, 1.54) is 6.07 Å². The molecule has 1 aromatic rings. The van der Waals surface area contributed by atoms with Gasteiger partial charge in [-0.15, -0.1) is 0 Å². The number of hydrogen-bond donors (Lipinski definition) is 2. The zero-order valence-electron chi connectivity index (χ0n) is 11.1. The first kappa shape index (κ1) is 14.5. The molecule has 0 unspecified atom stereocenters. The van der Waals surface area contributed by atoms with Crippen molar-refractivity contribution in [3.05, 3.63) is 35.1 Å². The van der Waals surface area contributed by atoms with Crippen molar-refractivity contribution in [1.82, 2.24) is 5.32 Å². The van der Waals surface area contributed by atoms with E-state index in [2.05, 4.69) is 5.32 Å². The largest absolute Gasteiger partial charge is 0.481 e. The van der Waals surface area contributed by atoms with E-state index < -0.39 is 11.8 Å². The minimum atomic E-state index is -0.708. The summed E-state index contributed by atoms with van der Waals surface area (Å²) in [5.74, 6) is -1.43. The van der Waals surface area contributed by atoms with Crippen LogP contribution in [0.2, 0.25) is 0 Å². The molecule has 5 heteroatoms. The molecule has 4 nitrogen and oxygen atoms in total. The molecule has 0 atom stereocenters. The van der Waals surface area contributed by atoms with Gasteiger partial charge >= 0.3 is 5.97 Å². The number of benzene rings is 1. The summed E-state index contributed by atoms with van der Waals surface area (Å²) in [5.41, 5.74) is 0.919. The Bertz CT molecular complexity index is 531. The first-order valence-electron chi connectivity index (χ1n) is 6.75. The van der Waals surface area contributed by atoms with Crippen LogP contribution in [0.25, 0.3) is 0 Å². The molecule has 1 aromatic carbocycles. The van der Waals surface area contributed by atoms with Gasteiger partial charge in [-0.3, -0.25) is 4.79 Å². The number of aliphatic carboxylic acids is 1. The lowest BCUT2D eigenvalue weighted by molar-refractivity contribution is -0.142. The van der Waals surface area contributed by atoms with Gasteiger partial charge in [0.2, 0.25) is 0 Å². The molecule has 2 N–H and O–H groups in total. The van der Waals surface area contributed by atoms with Crippen LogP contribution in [-0.4, -0.2) is 17.1 Å². The third-order valence-corrected chi connectivity index (χ3v) is 3.82. The number of carboxylic acids is 1. The summed E-state index contributed by atoms with van der Waals surface area (Å²) < 4.78 is 13.2. The van der Waals surface area contributed by atoms with E-state index in [0.29, 0.717) is 25.4 Å². The number of rotatable bonds is 4. The molecule has 0 aromatic heterocycles. The number of nitriles is 1. The van der Waals surface area contributed by atoms with E-state index in [1.54, 1.807) is 12.1 Å². The molecule has 1 aliphatic carbocycles. The fraction of sp³-hybridized carbons (Fsp3) is 0.467. The molecule has 0 saturated heterocycles. The minimum Gasteiger partial charge on any atom is -0.481 e. The van der Waals surface area contributed by atoms with Gasteiger partial charge in [-0.2, -0.15) is 5.26 Å². The smallest absolute Gasteiger partial charge is 0.306 e. The van der Waals surface area contributed by atoms with Crippen molar-refractivity contribution in [2.24, 2.45) is 5.92 Å². The maximum Gasteiger partial charge on any atom is 0.306 e. The fourth-order valence-electron chi connectivity index (χ4n) is 2.57. The van der Waals surface area contributed by atoms with E-state index in [9.17, 15) is 9.18 Å². The minimum absolute atomic E-state index is 0.0545. The lowest BCUT2D eigenvalue weighted by Crippen LogP contribution is -2.34. The van der Waals surface area contributed by atoms with Crippen molar-refractivity contribution in [3.63, 3.8) is 0 Å². The summed E-state index contributed by atoms with van der Waals surface area (Å²) in [6.07, 6.45) is 3.06. The average molecular weight is 276 g/mol. The predicted octanol–water partition coefficient (Wildman–Crippen LogP) is 2.43. The standard InChI is InChI=1S/C15H17FN2O2/c16-14-6-1-10(7-12(14)8-17)9-18-13-4-2-11(3-5-13)15(19)20/h1,6-7,11,13,18H,2-5,9H2,(H,19,20). The van der Waals surface area contributed by atoms with E-state index in [-0.39, 0.29) is 11.5 Å². The van der Waals surface area contributed by atoms with Gasteiger partial charge in [0.1, 0.15) is 11.9 Å². The van der Waals surface area contributed by atoms with Gasteiger partial charge in [0.05, 0.1) is 11.5 Å². The molecule has 1 fully saturated rings. The molecule has 0 heterocycles. The summed E-state index contributed by atoms with van der Waals surface area (Å²) in [6, 6.07) is 6.62. The summed E-state index contributed by atoms with van der Waals surface area (Å²) >= 11 is 0. The van der Waals surface area contributed by atoms with Gasteiger partial charge in [0, 0.05) is 12.6 Å². The Labute approximate surface area is 117 Å². The third kappa shape index (κ3) is 3.55. The number of carboxylic acid groups (broad SMARTS) is 1. The molecule has 20 heavy (non-hydrogen) atoms. The van der Waals surface area contributed by atoms with E-state index in [0.717, 1.165) is 18.4 Å². The van der Waals surface area contributed by atoms with Crippen LogP contribution in [0.3, 0.4) is 0 Å². The Hall–Kier alpha value is -1.93. The number of halogens is 1. The van der Waals surface area contributed by atoms with Crippen LogP contribution >= 0.6 is 0 Å². The number of hydrogen-bond acceptors (Lipinski definition) is 3. The van der Waals surface area contributed by atoms with Crippen LogP contribution in [0.15, 0.2) is 18.2 Å². The summed E-state index contributed by atoms with van der Waals surface area (Å²) in [6.45, 7) is 0.567. The van der Waals surface area contributed by atoms with Gasteiger partial charge in [-0.05, 0) is 43.4 Å². The lowest BCUT2D eigenvalue weighted by Gasteiger charge is -2.27. The summed E-state index contributed by atoms with van der Waals surface area (Å²) in [5, 5.41) is 21.0. The van der Waals surface area contributed by atoms with Crippen LogP contribution < -0.4 is 5.32 Å². The molecule has 0 amide bonds. The third-order valence-electron chi connectivity index (χ3n) is 3.82. The van der Waals surface area contributed by atoms with Crippen LogP contribution in [0.1, 0.15) is 36.8 Å². The monoisotopic (exact) mass is 276 g/mol. The molecular formula is C15H17FN2O2. The Morgan fingerprint density at radius 1 is 1.40 bits per heavy atom. The highest BCUT2D eigenvalue weighted by Crippen LogP contribution is 2.24. The number of carbonyl (C=O) groups is 1. The van der Waals surface area contributed by atoms with E-state index in [1.807, 2.05) is 6.07 Å². The molecule has 0 radical (unpaired) electrons. The number of nitrogens with zero attached hydrogens (tertiary/aromatic N) is 1. The van der Waals surface area contributed by atoms with Crippen LogP contribution in [-0.2, 0) is 11.3 Å². The van der Waals surface area contributed by atoms with Gasteiger partial charge in [0.15, 0.2) is 0 Å². The second-order valence-electron chi connectivity index (χ2n) is 5.19. The highest BCUT2D eigenvalue weighted by atomic mass is 19.1. The van der Waals surface area contributed by atoms with Crippen LogP contribution in [0.4, 0.5) is 4.39 Å². The zero-order chi connectivity index (χ0) is 14.5. The Morgan fingerprint density at radius 2 is 2.10 bits per heavy atom. The maximum atomic E-state index is 13.2. The SMILES string of the molecule is N#Cc1cc(CNC2CCC(C(=O)O)CC2)ccc1F. The van der Waals surface area contributed by atoms with Crippen molar-refractivity contribution >= 4 is 5.97 Å². The maximum absolute atomic E-state index is 13.2. The first-order chi connectivity index (χ1) is 9.60. The normalized spacial score (nSPS) is 22.2. The van der Waals surface area contributed by atoms with Crippen molar-refractivity contribution in [1.29, 1.82) is 5.26 Å². The molecule has 0 bridgehead atoms. The topological polar surface area (TPSA) is 73.1 Å². The predicted molar refractivity (Wildman–Crippen MR) is 71.3 cm³/mol. The first-order valence-corrected chi connectivity index (χ1v) is 6.75. The van der Waals surface area contributed by atoms with Crippen molar-refractivity contribution < 1.29 is 14.3 Å². The summed E-state index contributed by atoms with van der Waals surface area (Å²) in [7, 11) is 0. The fourth-order valence-corrected chi connectivity index (χ4v) is 2.57. The van der Waals surface area contributed by atoms with Crippen molar-refractivity contribution in [2.75, 3.05) is 0 Å². The van der Waals surface area contributed by atoms with Crippen LogP contribution in [0, 0.1) is 23.1 Å². The van der Waals surface area contributed by atoms with Crippen molar-refractivity contribution in [2.45, 2.75) is 38.3 Å². The van der Waals surface area contributed by atoms with Crippen molar-refractivity contribution in [3.8, 4) is 6.07 Å². The second-order valence-corrected chi connectivity index (χ2v) is 5.19. The highest BCUT2D eigenvalue weighted by molar-refractivity contribution is 5.70. The Balaban J connectivity index is 1.85. The molecule has 1 saturated carbocycles. The summed E-state index contributed by atoms with van der Waals surface area (Å²) in [4.78, 5) is 10.9. The number of nitrogens with one attached hydrogen (secondary N) is 1. The molecular weight excluding hydrogens is 259 g/mol. The van der Waals surface area contributed by atoms with E-state index >= 15 is 0 Å². The quantitative estimate of drug-likeness (QED) is 0.885. The molecule has 0 spiro atoms. The molecule has 1 aliphatic rings. The van der Waals surface area contributed by atoms with E-state index in [4.69, 9.17) is 10.4 Å².